The molecule has 1 fully saturated rings. The largest absolute Gasteiger partial charge is 0.394 e. The molecule has 0 aliphatic heterocycles. The molecule has 0 unspecified atom stereocenters. The van der Waals surface area contributed by atoms with Gasteiger partial charge in [-0.15, -0.1) is 10.2 Å². The SMILES string of the molecule is N#Cc1nnc2ccccc2c1NC1(CO)CC1. The second-order valence-corrected chi connectivity index (χ2v) is 4.62. The van der Waals surface area contributed by atoms with Crippen LogP contribution in [0.4, 0.5) is 5.69 Å². The van der Waals surface area contributed by atoms with Crippen molar-refractivity contribution in [1.82, 2.24) is 10.2 Å². The number of aliphatic hydroxyl groups excluding tert-OH is 1. The number of rotatable bonds is 3. The maximum Gasteiger partial charge on any atom is 0.186 e. The number of benzene rings is 1. The molecule has 1 aromatic heterocycles. The van der Waals surface area contributed by atoms with Gasteiger partial charge in [-0.05, 0) is 18.9 Å². The minimum Gasteiger partial charge on any atom is -0.394 e. The van der Waals surface area contributed by atoms with E-state index >= 15 is 0 Å². The van der Waals surface area contributed by atoms with Crippen LogP contribution < -0.4 is 5.32 Å². The third-order valence-corrected chi connectivity index (χ3v) is 3.32. The van der Waals surface area contributed by atoms with Crippen molar-refractivity contribution >= 4 is 16.6 Å². The topological polar surface area (TPSA) is 81.8 Å². The summed E-state index contributed by atoms with van der Waals surface area (Å²) in [6.07, 6.45) is 1.82. The molecule has 0 saturated heterocycles. The van der Waals surface area contributed by atoms with E-state index in [1.807, 2.05) is 30.3 Å². The van der Waals surface area contributed by atoms with Crippen molar-refractivity contribution in [2.24, 2.45) is 0 Å². The van der Waals surface area contributed by atoms with Crippen molar-refractivity contribution in [2.45, 2.75) is 18.4 Å². The highest BCUT2D eigenvalue weighted by molar-refractivity contribution is 5.93. The molecule has 1 heterocycles. The molecular formula is C13H12N4O. The maximum atomic E-state index is 9.37. The standard InChI is InChI=1S/C13H12N4O/c14-7-11-12(15-13(8-18)5-6-13)9-3-1-2-4-10(9)16-17-11/h1-4,18H,5-6,8H2,(H,15,16). The van der Waals surface area contributed by atoms with Gasteiger partial charge >= 0.3 is 0 Å². The number of anilines is 1. The summed E-state index contributed by atoms with van der Waals surface area (Å²) in [6, 6.07) is 9.58. The summed E-state index contributed by atoms with van der Waals surface area (Å²) in [4.78, 5) is 0. The smallest absolute Gasteiger partial charge is 0.186 e. The summed E-state index contributed by atoms with van der Waals surface area (Å²) in [5, 5.41) is 30.5. The first kappa shape index (κ1) is 10.9. The molecule has 1 aliphatic carbocycles. The molecule has 18 heavy (non-hydrogen) atoms. The average Bonchev–Trinajstić information content (AvgIpc) is 3.20. The van der Waals surface area contributed by atoms with Gasteiger partial charge in [-0.1, -0.05) is 18.2 Å². The van der Waals surface area contributed by atoms with Gasteiger partial charge in [0.15, 0.2) is 5.69 Å². The average molecular weight is 240 g/mol. The summed E-state index contributed by atoms with van der Waals surface area (Å²) in [5.74, 6) is 0. The van der Waals surface area contributed by atoms with Crippen molar-refractivity contribution in [2.75, 3.05) is 11.9 Å². The third-order valence-electron chi connectivity index (χ3n) is 3.32. The van der Waals surface area contributed by atoms with Crippen molar-refractivity contribution in [1.29, 1.82) is 5.26 Å². The van der Waals surface area contributed by atoms with Crippen LogP contribution in [0.3, 0.4) is 0 Å². The second-order valence-electron chi connectivity index (χ2n) is 4.62. The van der Waals surface area contributed by atoms with E-state index in [2.05, 4.69) is 15.5 Å². The van der Waals surface area contributed by atoms with Crippen LogP contribution in [0.5, 0.6) is 0 Å². The number of hydrogen-bond acceptors (Lipinski definition) is 5. The lowest BCUT2D eigenvalue weighted by atomic mass is 10.1. The van der Waals surface area contributed by atoms with Gasteiger partial charge in [0, 0.05) is 5.39 Å². The van der Waals surface area contributed by atoms with E-state index in [0.717, 1.165) is 23.7 Å². The third kappa shape index (κ3) is 1.67. The fraction of sp³-hybridized carbons (Fsp3) is 0.308. The Bertz CT molecular complexity index is 643. The summed E-state index contributed by atoms with van der Waals surface area (Å²) < 4.78 is 0. The predicted octanol–water partition coefficient (Wildman–Crippen LogP) is 1.44. The Morgan fingerprint density at radius 1 is 1.33 bits per heavy atom. The molecule has 0 atom stereocenters. The van der Waals surface area contributed by atoms with Crippen LogP contribution in [0.25, 0.3) is 10.9 Å². The lowest BCUT2D eigenvalue weighted by Gasteiger charge is -2.17. The molecule has 1 saturated carbocycles. The first-order valence-corrected chi connectivity index (χ1v) is 5.83. The van der Waals surface area contributed by atoms with Gasteiger partial charge in [-0.25, -0.2) is 0 Å². The molecule has 0 radical (unpaired) electrons. The van der Waals surface area contributed by atoms with Crippen LogP contribution in [-0.4, -0.2) is 27.4 Å². The van der Waals surface area contributed by atoms with E-state index in [-0.39, 0.29) is 17.8 Å². The number of fused-ring (bicyclic) bond motifs is 1. The molecule has 5 nitrogen and oxygen atoms in total. The van der Waals surface area contributed by atoms with E-state index in [1.54, 1.807) is 0 Å². The minimum absolute atomic E-state index is 0.0640. The molecule has 1 aliphatic rings. The summed E-state index contributed by atoms with van der Waals surface area (Å²) >= 11 is 0. The Balaban J connectivity index is 2.15. The Morgan fingerprint density at radius 2 is 2.11 bits per heavy atom. The molecule has 2 N–H and O–H groups in total. The zero-order chi connectivity index (χ0) is 12.6. The summed E-state index contributed by atoms with van der Waals surface area (Å²) in [5.41, 5.74) is 1.41. The normalized spacial score (nSPS) is 16.2. The molecule has 0 bridgehead atoms. The molecule has 1 aromatic carbocycles. The van der Waals surface area contributed by atoms with Crippen molar-refractivity contribution in [3.8, 4) is 6.07 Å². The van der Waals surface area contributed by atoms with Crippen molar-refractivity contribution in [3.63, 3.8) is 0 Å². The molecule has 0 amide bonds. The van der Waals surface area contributed by atoms with Gasteiger partial charge in [-0.2, -0.15) is 5.26 Å². The zero-order valence-electron chi connectivity index (χ0n) is 9.72. The molecule has 2 aromatic rings. The predicted molar refractivity (Wildman–Crippen MR) is 66.9 cm³/mol. The van der Waals surface area contributed by atoms with Crippen LogP contribution in [0.15, 0.2) is 24.3 Å². The Kier molecular flexibility index (Phi) is 2.39. The van der Waals surface area contributed by atoms with Crippen LogP contribution in [-0.2, 0) is 0 Å². The van der Waals surface area contributed by atoms with Gasteiger partial charge in [0.2, 0.25) is 0 Å². The highest BCUT2D eigenvalue weighted by Gasteiger charge is 2.42. The molecular weight excluding hydrogens is 228 g/mol. The number of aliphatic hydroxyl groups is 1. The molecule has 3 rings (SSSR count). The van der Waals surface area contributed by atoms with Crippen LogP contribution in [0.1, 0.15) is 18.5 Å². The fourth-order valence-corrected chi connectivity index (χ4v) is 2.00. The summed E-state index contributed by atoms with van der Waals surface area (Å²) in [7, 11) is 0. The van der Waals surface area contributed by atoms with E-state index in [4.69, 9.17) is 5.26 Å². The monoisotopic (exact) mass is 240 g/mol. The quantitative estimate of drug-likeness (QED) is 0.848. The zero-order valence-corrected chi connectivity index (χ0v) is 9.72. The van der Waals surface area contributed by atoms with Gasteiger partial charge in [0.25, 0.3) is 0 Å². The molecule has 90 valence electrons. The van der Waals surface area contributed by atoms with E-state index in [9.17, 15) is 5.11 Å². The lowest BCUT2D eigenvalue weighted by molar-refractivity contribution is 0.266. The molecule has 5 heteroatoms. The van der Waals surface area contributed by atoms with Crippen molar-refractivity contribution in [3.05, 3.63) is 30.0 Å². The number of nitriles is 1. The van der Waals surface area contributed by atoms with E-state index < -0.39 is 0 Å². The van der Waals surface area contributed by atoms with Gasteiger partial charge in [0.05, 0.1) is 23.3 Å². The number of aromatic nitrogens is 2. The first-order chi connectivity index (χ1) is 8.78. The Morgan fingerprint density at radius 3 is 2.78 bits per heavy atom. The Labute approximate surface area is 104 Å². The van der Waals surface area contributed by atoms with Crippen LogP contribution in [0.2, 0.25) is 0 Å². The number of nitrogens with one attached hydrogen (secondary N) is 1. The van der Waals surface area contributed by atoms with Crippen LogP contribution in [0, 0.1) is 11.3 Å². The van der Waals surface area contributed by atoms with Crippen LogP contribution >= 0.6 is 0 Å². The summed E-state index contributed by atoms with van der Waals surface area (Å²) in [6.45, 7) is 0.0640. The molecule has 0 spiro atoms. The second kappa shape index (κ2) is 3.93. The highest BCUT2D eigenvalue weighted by atomic mass is 16.3. The lowest BCUT2D eigenvalue weighted by Crippen LogP contribution is -2.26. The Hall–Kier alpha value is -2.19. The van der Waals surface area contributed by atoms with Gasteiger partial charge in [0.1, 0.15) is 6.07 Å². The number of nitrogens with zero attached hydrogens (tertiary/aromatic N) is 3. The minimum atomic E-state index is -0.280. The highest BCUT2D eigenvalue weighted by Crippen LogP contribution is 2.40. The van der Waals surface area contributed by atoms with Gasteiger partial charge < -0.3 is 10.4 Å². The first-order valence-electron chi connectivity index (χ1n) is 5.83. The van der Waals surface area contributed by atoms with E-state index in [1.165, 1.54) is 0 Å². The maximum absolute atomic E-state index is 9.37. The fourth-order valence-electron chi connectivity index (χ4n) is 2.00. The van der Waals surface area contributed by atoms with Gasteiger partial charge in [-0.3, -0.25) is 0 Å². The van der Waals surface area contributed by atoms with E-state index in [0.29, 0.717) is 5.69 Å². The van der Waals surface area contributed by atoms with Crippen molar-refractivity contribution < 1.29 is 5.11 Å². The number of hydrogen-bond donors (Lipinski definition) is 2.